The molecule has 0 fully saturated rings. The summed E-state index contributed by atoms with van der Waals surface area (Å²) in [4.78, 5) is 30.7. The highest BCUT2D eigenvalue weighted by Crippen LogP contribution is 2.14. The molecule has 0 aliphatic rings. The molecule has 7 heteroatoms. The topological polar surface area (TPSA) is 75.3 Å². The lowest BCUT2D eigenvalue weighted by Gasteiger charge is -2.20. The van der Waals surface area contributed by atoms with Gasteiger partial charge in [-0.2, -0.15) is 0 Å². The van der Waals surface area contributed by atoms with E-state index in [9.17, 15) is 9.59 Å². The van der Waals surface area contributed by atoms with Crippen LogP contribution in [-0.2, 0) is 9.53 Å². The predicted octanol–water partition coefficient (Wildman–Crippen LogP) is 0.374. The van der Waals surface area contributed by atoms with Crippen LogP contribution in [0.3, 0.4) is 0 Å². The van der Waals surface area contributed by atoms with E-state index in [-0.39, 0.29) is 18.1 Å². The molecule has 1 aromatic rings. The van der Waals surface area contributed by atoms with Gasteiger partial charge in [-0.3, -0.25) is 9.59 Å². The first-order valence-corrected chi connectivity index (χ1v) is 5.73. The smallest absolute Gasteiger partial charge is 0.325 e. The molecule has 1 N–H and O–H groups in total. The summed E-state index contributed by atoms with van der Waals surface area (Å²) in [6.07, 6.45) is 1.32. The van der Waals surface area contributed by atoms with Crippen LogP contribution < -0.4 is 10.5 Å². The van der Waals surface area contributed by atoms with E-state index in [4.69, 9.17) is 0 Å². The van der Waals surface area contributed by atoms with E-state index in [1.807, 2.05) is 29.5 Å². The Hall–Kier alpha value is -1.12. The van der Waals surface area contributed by atoms with Crippen molar-refractivity contribution in [2.24, 2.45) is 0 Å². The van der Waals surface area contributed by atoms with Gasteiger partial charge in [0.25, 0.3) is 5.56 Å². The van der Waals surface area contributed by atoms with Crippen molar-refractivity contribution >= 4 is 34.4 Å². The molecule has 0 unspecified atom stereocenters. The zero-order valence-corrected chi connectivity index (χ0v) is 11.1. The number of carbonyl (C=O) groups excluding carboxylic acids is 1. The number of nitrogens with zero attached hydrogens (tertiary/aromatic N) is 2. The van der Waals surface area contributed by atoms with Crippen LogP contribution in [0.25, 0.3) is 0 Å². The van der Waals surface area contributed by atoms with Crippen LogP contribution in [0.1, 0.15) is 6.92 Å². The molecule has 6 nitrogen and oxygen atoms in total. The Bertz CT molecular complexity index is 432. The van der Waals surface area contributed by atoms with Gasteiger partial charge in [-0.05, 0) is 29.5 Å². The predicted molar refractivity (Wildman–Crippen MR) is 67.5 cm³/mol. The van der Waals surface area contributed by atoms with E-state index in [1.165, 1.54) is 13.4 Å². The Morgan fingerprint density at radius 2 is 2.38 bits per heavy atom. The summed E-state index contributed by atoms with van der Waals surface area (Å²) in [5.74, 6) is 0.136. The Kier molecular flexibility index (Phi) is 4.71. The quantitative estimate of drug-likeness (QED) is 0.635. The van der Waals surface area contributed by atoms with Gasteiger partial charge in [-0.15, -0.1) is 0 Å². The summed E-state index contributed by atoms with van der Waals surface area (Å²) in [5, 5.41) is 0. The molecule has 0 atom stereocenters. The summed E-state index contributed by atoms with van der Waals surface area (Å²) in [5.41, 5.74) is -0.214. The molecule has 1 aromatic heterocycles. The molecular weight excluding hydrogens is 325 g/mol. The molecule has 1 rings (SSSR count). The van der Waals surface area contributed by atoms with Crippen LogP contribution in [0.2, 0.25) is 0 Å². The molecule has 16 heavy (non-hydrogen) atoms. The number of aromatic amines is 1. The van der Waals surface area contributed by atoms with Crippen molar-refractivity contribution < 1.29 is 9.53 Å². The second-order valence-electron chi connectivity index (χ2n) is 2.96. The number of esters is 1. The number of rotatable bonds is 4. The Morgan fingerprint density at radius 3 is 2.94 bits per heavy atom. The lowest BCUT2D eigenvalue weighted by molar-refractivity contribution is -0.138. The van der Waals surface area contributed by atoms with Crippen molar-refractivity contribution in [3.05, 3.63) is 20.3 Å². The molecule has 0 spiro atoms. The van der Waals surface area contributed by atoms with Crippen LogP contribution in [0.5, 0.6) is 0 Å². The monoisotopic (exact) mass is 337 g/mol. The third-order valence-electron chi connectivity index (χ3n) is 2.01. The van der Waals surface area contributed by atoms with Gasteiger partial charge in [0.15, 0.2) is 0 Å². The summed E-state index contributed by atoms with van der Waals surface area (Å²) in [6, 6.07) is 0. The molecule has 0 bridgehead atoms. The first-order valence-electron chi connectivity index (χ1n) is 4.65. The lowest BCUT2D eigenvalue weighted by Crippen LogP contribution is -2.33. The number of carbonyl (C=O) groups is 1. The fourth-order valence-corrected chi connectivity index (χ4v) is 1.79. The SMILES string of the molecule is CCN(CC(=O)OC)c1nc[nH]c(=O)c1I. The normalized spacial score (nSPS) is 9.94. The van der Waals surface area contributed by atoms with Gasteiger partial charge in [-0.25, -0.2) is 4.98 Å². The number of hydrogen-bond donors (Lipinski definition) is 1. The molecular formula is C9H12IN3O3. The standard InChI is InChI=1S/C9H12IN3O3/c1-3-13(4-6(14)16-2)8-7(10)9(15)12-5-11-8/h5H,3-4H2,1-2H3,(H,11,12,15). The van der Waals surface area contributed by atoms with Crippen molar-refractivity contribution in [3.8, 4) is 0 Å². The minimum Gasteiger partial charge on any atom is -0.468 e. The van der Waals surface area contributed by atoms with Crippen molar-refractivity contribution in [2.45, 2.75) is 6.92 Å². The highest BCUT2D eigenvalue weighted by Gasteiger charge is 2.15. The number of hydrogen-bond acceptors (Lipinski definition) is 5. The summed E-state index contributed by atoms with van der Waals surface area (Å²) >= 11 is 1.90. The Balaban J connectivity index is 2.99. The largest absolute Gasteiger partial charge is 0.468 e. The highest BCUT2D eigenvalue weighted by atomic mass is 127. The van der Waals surface area contributed by atoms with Crippen molar-refractivity contribution in [1.29, 1.82) is 0 Å². The van der Waals surface area contributed by atoms with E-state index in [0.29, 0.717) is 15.9 Å². The maximum atomic E-state index is 11.4. The number of nitrogens with one attached hydrogen (secondary N) is 1. The van der Waals surface area contributed by atoms with E-state index in [0.717, 1.165) is 0 Å². The molecule has 1 heterocycles. The average molecular weight is 337 g/mol. The fourth-order valence-electron chi connectivity index (χ4n) is 1.15. The van der Waals surface area contributed by atoms with Crippen LogP contribution in [-0.4, -0.2) is 36.1 Å². The number of halogens is 1. The lowest BCUT2D eigenvalue weighted by atomic mass is 10.4. The molecule has 0 saturated heterocycles. The van der Waals surface area contributed by atoms with E-state index < -0.39 is 0 Å². The molecule has 0 aliphatic heterocycles. The zero-order valence-electron chi connectivity index (χ0n) is 8.99. The number of ether oxygens (including phenoxy) is 1. The Labute approximate surface area is 106 Å². The maximum absolute atomic E-state index is 11.4. The average Bonchev–Trinajstić information content (AvgIpc) is 2.29. The first kappa shape index (κ1) is 12.9. The molecule has 0 saturated carbocycles. The molecule has 0 aliphatic carbocycles. The number of methoxy groups -OCH3 is 1. The second kappa shape index (κ2) is 5.83. The number of aromatic nitrogens is 2. The van der Waals surface area contributed by atoms with Crippen molar-refractivity contribution in [3.63, 3.8) is 0 Å². The van der Waals surface area contributed by atoms with Gasteiger partial charge in [0, 0.05) is 6.54 Å². The van der Waals surface area contributed by atoms with Crippen LogP contribution in [0.4, 0.5) is 5.82 Å². The summed E-state index contributed by atoms with van der Waals surface area (Å²) in [6.45, 7) is 2.53. The van der Waals surface area contributed by atoms with E-state index in [2.05, 4.69) is 14.7 Å². The van der Waals surface area contributed by atoms with Gasteiger partial charge < -0.3 is 14.6 Å². The number of likely N-dealkylation sites (N-methyl/N-ethyl adjacent to an activating group) is 1. The number of H-pyrrole nitrogens is 1. The molecule has 0 amide bonds. The Morgan fingerprint density at radius 1 is 1.69 bits per heavy atom. The first-order chi connectivity index (χ1) is 7.60. The summed E-state index contributed by atoms with van der Waals surface area (Å²) in [7, 11) is 1.33. The van der Waals surface area contributed by atoms with Crippen LogP contribution in [0, 0.1) is 3.57 Å². The van der Waals surface area contributed by atoms with E-state index >= 15 is 0 Å². The third kappa shape index (κ3) is 2.94. The zero-order chi connectivity index (χ0) is 12.1. The van der Waals surface area contributed by atoms with E-state index in [1.54, 1.807) is 4.90 Å². The highest BCUT2D eigenvalue weighted by molar-refractivity contribution is 14.1. The third-order valence-corrected chi connectivity index (χ3v) is 2.98. The van der Waals surface area contributed by atoms with Gasteiger partial charge in [-0.1, -0.05) is 0 Å². The number of anilines is 1. The minimum atomic E-state index is -0.361. The van der Waals surface area contributed by atoms with Gasteiger partial charge in [0.05, 0.1) is 13.4 Å². The molecule has 88 valence electrons. The van der Waals surface area contributed by atoms with Crippen molar-refractivity contribution in [2.75, 3.05) is 25.1 Å². The molecule has 0 radical (unpaired) electrons. The maximum Gasteiger partial charge on any atom is 0.325 e. The minimum absolute atomic E-state index is 0.0828. The summed E-state index contributed by atoms with van der Waals surface area (Å²) < 4.78 is 5.04. The molecule has 0 aromatic carbocycles. The van der Waals surface area contributed by atoms with Gasteiger partial charge in [0.2, 0.25) is 0 Å². The fraction of sp³-hybridized carbons (Fsp3) is 0.444. The van der Waals surface area contributed by atoms with Gasteiger partial charge in [0.1, 0.15) is 15.9 Å². The second-order valence-corrected chi connectivity index (χ2v) is 4.04. The van der Waals surface area contributed by atoms with Crippen molar-refractivity contribution in [1.82, 2.24) is 9.97 Å². The van der Waals surface area contributed by atoms with Crippen LogP contribution in [0.15, 0.2) is 11.1 Å². The van der Waals surface area contributed by atoms with Gasteiger partial charge >= 0.3 is 5.97 Å². The van der Waals surface area contributed by atoms with Crippen LogP contribution >= 0.6 is 22.6 Å².